The van der Waals surface area contributed by atoms with Crippen LogP contribution in [0.4, 0.5) is 5.69 Å². The molecule has 2 aromatic carbocycles. The van der Waals surface area contributed by atoms with Gasteiger partial charge in [-0.05, 0) is 56.8 Å². The summed E-state index contributed by atoms with van der Waals surface area (Å²) in [5, 5.41) is 3.64. The monoisotopic (exact) mass is 470 g/mol. The SMILES string of the molecule is CC(C)Oc1ccc2ccc(OCCCCN3CCN(c4cccc5ccccc45)CC3)nc2n1. The number of fused-ring (bicyclic) bond motifs is 2. The lowest BCUT2D eigenvalue weighted by Crippen LogP contribution is -2.46. The van der Waals surface area contributed by atoms with Crippen LogP contribution in [0.3, 0.4) is 0 Å². The predicted molar refractivity (Wildman–Crippen MR) is 143 cm³/mol. The van der Waals surface area contributed by atoms with Crippen molar-refractivity contribution in [2.45, 2.75) is 32.8 Å². The Morgan fingerprint density at radius 1 is 0.771 bits per heavy atom. The first-order valence-electron chi connectivity index (χ1n) is 12.7. The molecule has 1 fully saturated rings. The number of anilines is 1. The molecule has 1 aliphatic heterocycles. The second-order valence-electron chi connectivity index (χ2n) is 9.39. The van der Waals surface area contributed by atoms with Gasteiger partial charge in [0.1, 0.15) is 0 Å². The molecule has 2 aromatic heterocycles. The third-order valence-electron chi connectivity index (χ3n) is 6.46. The smallest absolute Gasteiger partial charge is 0.215 e. The first-order chi connectivity index (χ1) is 17.2. The fourth-order valence-electron chi connectivity index (χ4n) is 4.66. The quantitative estimate of drug-likeness (QED) is 0.299. The lowest BCUT2D eigenvalue weighted by Gasteiger charge is -2.36. The number of hydrogen-bond acceptors (Lipinski definition) is 6. The molecule has 3 heterocycles. The van der Waals surface area contributed by atoms with Crippen LogP contribution in [0.1, 0.15) is 26.7 Å². The number of piperazine rings is 1. The maximum absolute atomic E-state index is 5.92. The van der Waals surface area contributed by atoms with Crippen molar-refractivity contribution in [1.29, 1.82) is 0 Å². The Labute approximate surface area is 207 Å². The summed E-state index contributed by atoms with van der Waals surface area (Å²) in [7, 11) is 0. The van der Waals surface area contributed by atoms with Gasteiger partial charge in [-0.3, -0.25) is 4.90 Å². The number of rotatable bonds is 9. The number of aromatic nitrogens is 2. The second kappa shape index (κ2) is 10.9. The van der Waals surface area contributed by atoms with Gasteiger partial charge >= 0.3 is 0 Å². The molecule has 5 rings (SSSR count). The maximum atomic E-state index is 5.92. The molecule has 0 unspecified atom stereocenters. The molecule has 0 saturated carbocycles. The van der Waals surface area contributed by atoms with Gasteiger partial charge in [0, 0.05) is 54.8 Å². The molecule has 182 valence electrons. The minimum absolute atomic E-state index is 0.0839. The molecule has 1 saturated heterocycles. The van der Waals surface area contributed by atoms with Crippen molar-refractivity contribution in [3.05, 3.63) is 66.7 Å². The summed E-state index contributed by atoms with van der Waals surface area (Å²) in [6.45, 7) is 10.1. The molecule has 0 spiro atoms. The summed E-state index contributed by atoms with van der Waals surface area (Å²) >= 11 is 0. The fourth-order valence-corrected chi connectivity index (χ4v) is 4.66. The average molecular weight is 471 g/mol. The number of benzene rings is 2. The average Bonchev–Trinajstić information content (AvgIpc) is 2.88. The number of ether oxygens (including phenoxy) is 2. The summed E-state index contributed by atoms with van der Waals surface area (Å²) in [4.78, 5) is 14.2. The number of pyridine rings is 2. The fraction of sp³-hybridized carbons (Fsp3) is 0.379. The Kier molecular flexibility index (Phi) is 7.28. The zero-order chi connectivity index (χ0) is 24.0. The Balaban J connectivity index is 1.06. The molecule has 0 atom stereocenters. The van der Waals surface area contributed by atoms with Gasteiger partial charge in [0.2, 0.25) is 11.8 Å². The van der Waals surface area contributed by atoms with Crippen LogP contribution in [-0.4, -0.2) is 60.3 Å². The Morgan fingerprint density at radius 2 is 1.51 bits per heavy atom. The first kappa shape index (κ1) is 23.4. The highest BCUT2D eigenvalue weighted by molar-refractivity contribution is 5.94. The highest BCUT2D eigenvalue weighted by atomic mass is 16.5. The zero-order valence-electron chi connectivity index (χ0n) is 20.7. The van der Waals surface area contributed by atoms with Crippen molar-refractivity contribution in [3.63, 3.8) is 0 Å². The normalized spacial score (nSPS) is 14.7. The summed E-state index contributed by atoms with van der Waals surface area (Å²) < 4.78 is 11.6. The summed E-state index contributed by atoms with van der Waals surface area (Å²) in [6, 6.07) is 23.1. The minimum Gasteiger partial charge on any atom is -0.478 e. The van der Waals surface area contributed by atoms with Crippen molar-refractivity contribution in [3.8, 4) is 11.8 Å². The first-order valence-corrected chi connectivity index (χ1v) is 12.7. The number of hydrogen-bond donors (Lipinski definition) is 0. The molecule has 0 amide bonds. The number of unbranched alkanes of at least 4 members (excludes halogenated alkanes) is 1. The molecule has 0 N–H and O–H groups in total. The van der Waals surface area contributed by atoms with Crippen molar-refractivity contribution in [2.24, 2.45) is 0 Å². The molecule has 1 aliphatic rings. The van der Waals surface area contributed by atoms with Gasteiger partial charge in [0.15, 0.2) is 5.65 Å². The van der Waals surface area contributed by atoms with Crippen molar-refractivity contribution in [1.82, 2.24) is 14.9 Å². The van der Waals surface area contributed by atoms with Gasteiger partial charge in [-0.25, -0.2) is 0 Å². The van der Waals surface area contributed by atoms with Gasteiger partial charge in [-0.2, -0.15) is 9.97 Å². The lowest BCUT2D eigenvalue weighted by atomic mass is 10.1. The van der Waals surface area contributed by atoms with Crippen LogP contribution in [0.5, 0.6) is 11.8 Å². The van der Waals surface area contributed by atoms with Gasteiger partial charge in [0.05, 0.1) is 12.7 Å². The minimum atomic E-state index is 0.0839. The molecule has 0 bridgehead atoms. The van der Waals surface area contributed by atoms with Gasteiger partial charge in [-0.15, -0.1) is 0 Å². The highest BCUT2D eigenvalue weighted by Gasteiger charge is 2.18. The molecular weight excluding hydrogens is 436 g/mol. The Hall–Kier alpha value is -3.38. The standard InChI is InChI=1S/C29H34N4O2/c1-22(2)35-28-15-13-24-12-14-27(30-29(24)31-28)34-21-6-5-16-32-17-19-33(20-18-32)26-11-7-9-23-8-3-4-10-25(23)26/h3-4,7-15,22H,5-6,16-21H2,1-2H3. The van der Waals surface area contributed by atoms with Gasteiger partial charge in [-0.1, -0.05) is 36.4 Å². The van der Waals surface area contributed by atoms with E-state index < -0.39 is 0 Å². The van der Waals surface area contributed by atoms with Crippen LogP contribution in [0.2, 0.25) is 0 Å². The van der Waals surface area contributed by atoms with E-state index in [0.717, 1.165) is 51.0 Å². The summed E-state index contributed by atoms with van der Waals surface area (Å²) in [5.41, 5.74) is 2.01. The van der Waals surface area contributed by atoms with Crippen LogP contribution in [0.25, 0.3) is 21.8 Å². The van der Waals surface area contributed by atoms with Crippen molar-refractivity contribution in [2.75, 3.05) is 44.2 Å². The van der Waals surface area contributed by atoms with E-state index in [9.17, 15) is 0 Å². The van der Waals surface area contributed by atoms with Crippen LogP contribution in [0.15, 0.2) is 66.7 Å². The van der Waals surface area contributed by atoms with Crippen molar-refractivity contribution >= 4 is 27.5 Å². The summed E-state index contributed by atoms with van der Waals surface area (Å²) in [6.07, 6.45) is 2.21. The molecule has 0 radical (unpaired) electrons. The Morgan fingerprint density at radius 3 is 2.34 bits per heavy atom. The lowest BCUT2D eigenvalue weighted by molar-refractivity contribution is 0.233. The Bertz CT molecular complexity index is 1260. The van der Waals surface area contributed by atoms with E-state index in [1.165, 1.54) is 16.5 Å². The molecular formula is C29H34N4O2. The highest BCUT2D eigenvalue weighted by Crippen LogP contribution is 2.27. The third-order valence-corrected chi connectivity index (χ3v) is 6.46. The van der Waals surface area contributed by atoms with Gasteiger partial charge in [0.25, 0.3) is 0 Å². The third kappa shape index (κ3) is 5.82. The van der Waals surface area contributed by atoms with Crippen LogP contribution in [0, 0.1) is 0 Å². The zero-order valence-corrected chi connectivity index (χ0v) is 20.7. The van der Waals surface area contributed by atoms with E-state index in [2.05, 4.69) is 62.2 Å². The van der Waals surface area contributed by atoms with Crippen LogP contribution >= 0.6 is 0 Å². The molecule has 6 heteroatoms. The molecule has 35 heavy (non-hydrogen) atoms. The number of nitrogens with zero attached hydrogens (tertiary/aromatic N) is 4. The second-order valence-corrected chi connectivity index (χ2v) is 9.39. The molecule has 6 nitrogen and oxygen atoms in total. The largest absolute Gasteiger partial charge is 0.478 e. The van der Waals surface area contributed by atoms with Crippen LogP contribution in [-0.2, 0) is 0 Å². The van der Waals surface area contributed by atoms with E-state index in [4.69, 9.17) is 9.47 Å². The van der Waals surface area contributed by atoms with E-state index in [0.29, 0.717) is 24.0 Å². The van der Waals surface area contributed by atoms with E-state index in [-0.39, 0.29) is 6.10 Å². The van der Waals surface area contributed by atoms with Crippen molar-refractivity contribution < 1.29 is 9.47 Å². The molecule has 4 aromatic rings. The van der Waals surface area contributed by atoms with Crippen LogP contribution < -0.4 is 14.4 Å². The van der Waals surface area contributed by atoms with E-state index >= 15 is 0 Å². The van der Waals surface area contributed by atoms with E-state index in [1.807, 2.05) is 38.1 Å². The topological polar surface area (TPSA) is 50.7 Å². The molecule has 0 aliphatic carbocycles. The maximum Gasteiger partial charge on any atom is 0.215 e. The summed E-state index contributed by atoms with van der Waals surface area (Å²) in [5.74, 6) is 1.22. The van der Waals surface area contributed by atoms with Gasteiger partial charge < -0.3 is 14.4 Å². The van der Waals surface area contributed by atoms with E-state index in [1.54, 1.807) is 0 Å². The predicted octanol–water partition coefficient (Wildman–Crippen LogP) is 5.55.